The molecule has 12 nitrogen and oxygen atoms in total. The molecule has 5 aromatic carbocycles. The van der Waals surface area contributed by atoms with Gasteiger partial charge in [0.2, 0.25) is 5.88 Å². The lowest BCUT2D eigenvalue weighted by Crippen LogP contribution is -2.39. The van der Waals surface area contributed by atoms with Gasteiger partial charge in [0, 0.05) is 5.56 Å². The van der Waals surface area contributed by atoms with Crippen molar-refractivity contribution >= 4 is 27.9 Å². The van der Waals surface area contributed by atoms with E-state index in [1.807, 2.05) is 108 Å². The summed E-state index contributed by atoms with van der Waals surface area (Å²) in [5, 5.41) is 18.1. The van der Waals surface area contributed by atoms with Gasteiger partial charge in [0.25, 0.3) is 5.56 Å². The molecule has 0 aliphatic carbocycles. The smallest absolute Gasteiger partial charge is 0.325 e. The molecule has 0 N–H and O–H groups in total. The topological polar surface area (TPSA) is 140 Å². The highest BCUT2D eigenvalue weighted by atomic mass is 79.9. The van der Waals surface area contributed by atoms with Gasteiger partial charge in [-0.1, -0.05) is 140 Å². The molecule has 0 bridgehead atoms. The molecule has 7 aromatic rings. The van der Waals surface area contributed by atoms with Gasteiger partial charge in [-0.2, -0.15) is 0 Å². The summed E-state index contributed by atoms with van der Waals surface area (Å²) in [6, 6.07) is 46.3. The lowest BCUT2D eigenvalue weighted by atomic mass is 9.77. The molecule has 2 aromatic heterocycles. The molecule has 0 aliphatic rings. The number of hydrogen-bond acceptors (Lipinski definition) is 10. The summed E-state index contributed by atoms with van der Waals surface area (Å²) in [7, 11) is 0. The molecule has 0 fully saturated rings. The number of benzene rings is 5. The van der Waals surface area contributed by atoms with Gasteiger partial charge in [-0.05, 0) is 80.5 Å². The molecule has 0 aliphatic heterocycles. The van der Waals surface area contributed by atoms with Gasteiger partial charge in [-0.15, -0.1) is 10.2 Å². The molecule has 2 heterocycles. The molecule has 0 saturated heterocycles. The first-order chi connectivity index (χ1) is 28.8. The fourth-order valence-corrected chi connectivity index (χ4v) is 7.89. The molecule has 0 spiro atoms. The van der Waals surface area contributed by atoms with E-state index in [0.717, 1.165) is 38.9 Å². The van der Waals surface area contributed by atoms with Crippen LogP contribution in [0.15, 0.2) is 149 Å². The molecule has 0 saturated carbocycles. The maximum Gasteiger partial charge on any atom is 0.325 e. The molecule has 0 unspecified atom stereocenters. The maximum atomic E-state index is 14.1. The first-order valence-electron chi connectivity index (χ1n) is 19.2. The number of halogens is 1. The lowest BCUT2D eigenvalue weighted by molar-refractivity contribution is -0.157. The second-order valence-electron chi connectivity index (χ2n) is 13.3. The van der Waals surface area contributed by atoms with Crippen molar-refractivity contribution in [2.45, 2.75) is 38.8 Å². The largest absolute Gasteiger partial charge is 0.476 e. The fourth-order valence-electron chi connectivity index (χ4n) is 7.29. The van der Waals surface area contributed by atoms with Crippen LogP contribution >= 0.6 is 15.9 Å². The van der Waals surface area contributed by atoms with E-state index in [9.17, 15) is 14.4 Å². The van der Waals surface area contributed by atoms with Gasteiger partial charge in [-0.3, -0.25) is 14.4 Å². The van der Waals surface area contributed by atoms with Crippen molar-refractivity contribution in [2.75, 3.05) is 19.8 Å². The summed E-state index contributed by atoms with van der Waals surface area (Å²) < 4.78 is 19.3. The number of ether oxygens (including phenoxy) is 3. The molecular formula is C46H41BrN6O6. The first kappa shape index (κ1) is 40.5. The Morgan fingerprint density at radius 2 is 1.19 bits per heavy atom. The minimum Gasteiger partial charge on any atom is -0.476 e. The SMILES string of the molecule is CCOC(=O)C(C(=O)OCC)c1c(Br)c(OCC)nn(Cc2ccc(-c3ccccc3-c3nnnn3C(c3ccccc3)(c3ccccc3)c3ccccc3)cc2)c1=O. The minimum atomic E-state index is -1.65. The minimum absolute atomic E-state index is 0.00227. The Morgan fingerprint density at radius 3 is 1.69 bits per heavy atom. The van der Waals surface area contributed by atoms with Gasteiger partial charge >= 0.3 is 11.9 Å². The van der Waals surface area contributed by atoms with Crippen LogP contribution < -0.4 is 10.3 Å². The second-order valence-corrected chi connectivity index (χ2v) is 14.1. The number of nitrogens with zero attached hydrogens (tertiary/aromatic N) is 6. The highest BCUT2D eigenvalue weighted by Crippen LogP contribution is 2.43. The number of rotatable bonds is 15. The van der Waals surface area contributed by atoms with Crippen molar-refractivity contribution < 1.29 is 23.8 Å². The second kappa shape index (κ2) is 18.2. The van der Waals surface area contributed by atoms with Crippen molar-refractivity contribution in [3.63, 3.8) is 0 Å². The molecule has 0 amide bonds. The van der Waals surface area contributed by atoms with Gasteiger partial charge < -0.3 is 14.2 Å². The highest BCUT2D eigenvalue weighted by Gasteiger charge is 2.42. The van der Waals surface area contributed by atoms with Gasteiger partial charge in [-0.25, -0.2) is 9.36 Å². The summed E-state index contributed by atoms with van der Waals surface area (Å²) in [6.07, 6.45) is 0. The van der Waals surface area contributed by atoms with Crippen LogP contribution in [-0.2, 0) is 31.1 Å². The number of hydrogen-bond donors (Lipinski definition) is 0. The maximum absolute atomic E-state index is 14.1. The lowest BCUT2D eigenvalue weighted by Gasteiger charge is -2.36. The van der Waals surface area contributed by atoms with E-state index in [-0.39, 0.29) is 42.3 Å². The third-order valence-electron chi connectivity index (χ3n) is 9.84. The van der Waals surface area contributed by atoms with Crippen LogP contribution in [0.4, 0.5) is 0 Å². The average molecular weight is 854 g/mol. The van der Waals surface area contributed by atoms with Crippen LogP contribution in [0.3, 0.4) is 0 Å². The Hall–Kier alpha value is -6.73. The summed E-state index contributed by atoms with van der Waals surface area (Å²) >= 11 is 3.38. The molecule has 0 atom stereocenters. The Labute approximate surface area is 349 Å². The van der Waals surface area contributed by atoms with Crippen LogP contribution in [0.1, 0.15) is 54.5 Å². The predicted octanol–water partition coefficient (Wildman–Crippen LogP) is 7.82. The van der Waals surface area contributed by atoms with Crippen LogP contribution in [0.2, 0.25) is 0 Å². The van der Waals surface area contributed by atoms with Crippen molar-refractivity contribution in [3.8, 4) is 28.4 Å². The summed E-state index contributed by atoms with van der Waals surface area (Å²) in [6.45, 7) is 5.22. The Morgan fingerprint density at radius 1 is 0.678 bits per heavy atom. The zero-order valence-electron chi connectivity index (χ0n) is 32.7. The van der Waals surface area contributed by atoms with Crippen LogP contribution in [0.25, 0.3) is 22.5 Å². The van der Waals surface area contributed by atoms with E-state index in [4.69, 9.17) is 19.4 Å². The third kappa shape index (κ3) is 7.93. The molecule has 298 valence electrons. The Bertz CT molecular complexity index is 2480. The number of esters is 2. The molecule has 7 rings (SSSR count). The van der Waals surface area contributed by atoms with E-state index in [1.165, 1.54) is 4.68 Å². The Balaban J connectivity index is 1.31. The van der Waals surface area contributed by atoms with Crippen LogP contribution in [-0.4, -0.2) is 61.7 Å². The van der Waals surface area contributed by atoms with Crippen molar-refractivity contribution in [2.24, 2.45) is 0 Å². The standard InChI is InChI=1S/C46H41BrN6O6/c1-4-57-42-40(47)38(39(44(55)58-5-2)45(56)59-6-3)43(54)52(49-42)30-31-26-28-32(29-27-31)36-24-16-17-25-37(36)41-48-50-51-53(41)46(33-18-10-7-11-19-33,34-20-12-8-13-21-34)35-22-14-9-15-23-35/h7-29,39H,4-6,30H2,1-3H3. The van der Waals surface area contributed by atoms with E-state index >= 15 is 0 Å². The van der Waals surface area contributed by atoms with Gasteiger partial charge in [0.05, 0.1) is 36.4 Å². The predicted molar refractivity (Wildman–Crippen MR) is 226 cm³/mol. The van der Waals surface area contributed by atoms with Gasteiger partial charge in [0.1, 0.15) is 5.54 Å². The number of aromatic nitrogens is 6. The van der Waals surface area contributed by atoms with Crippen molar-refractivity contribution in [1.29, 1.82) is 0 Å². The zero-order valence-corrected chi connectivity index (χ0v) is 34.3. The van der Waals surface area contributed by atoms with E-state index in [0.29, 0.717) is 5.82 Å². The summed E-state index contributed by atoms with van der Waals surface area (Å²) in [5.74, 6) is -2.87. The zero-order chi connectivity index (χ0) is 41.4. The third-order valence-corrected chi connectivity index (χ3v) is 10.6. The van der Waals surface area contributed by atoms with E-state index < -0.39 is 29.0 Å². The first-order valence-corrected chi connectivity index (χ1v) is 20.0. The average Bonchev–Trinajstić information content (AvgIpc) is 3.76. The summed E-state index contributed by atoms with van der Waals surface area (Å²) in [5.41, 5.74) is 4.43. The van der Waals surface area contributed by atoms with Crippen LogP contribution in [0.5, 0.6) is 5.88 Å². The normalized spacial score (nSPS) is 11.3. The number of tetrazole rings is 1. The quantitative estimate of drug-likeness (QED) is 0.0570. The Kier molecular flexibility index (Phi) is 12.5. The monoisotopic (exact) mass is 852 g/mol. The summed E-state index contributed by atoms with van der Waals surface area (Å²) in [4.78, 5) is 40.3. The molecule has 59 heavy (non-hydrogen) atoms. The molecule has 13 heteroatoms. The highest BCUT2D eigenvalue weighted by molar-refractivity contribution is 9.10. The molecular weight excluding hydrogens is 812 g/mol. The fraction of sp³-hybridized carbons (Fsp3) is 0.196. The number of carbonyl (C=O) groups is 2. The number of carbonyl (C=O) groups excluding carboxylic acids is 2. The van der Waals surface area contributed by atoms with Crippen molar-refractivity contribution in [1.82, 2.24) is 30.0 Å². The van der Waals surface area contributed by atoms with Crippen LogP contribution in [0, 0.1) is 0 Å². The van der Waals surface area contributed by atoms with Crippen molar-refractivity contribution in [3.05, 3.63) is 182 Å². The van der Waals surface area contributed by atoms with E-state index in [1.54, 1.807) is 20.8 Å². The van der Waals surface area contributed by atoms with Gasteiger partial charge in [0.15, 0.2) is 11.7 Å². The van der Waals surface area contributed by atoms with E-state index in [2.05, 4.69) is 67.7 Å². The molecule has 0 radical (unpaired) electrons.